The topological polar surface area (TPSA) is 73.8 Å². The van der Waals surface area contributed by atoms with E-state index in [0.29, 0.717) is 18.6 Å². The molecular formula is C12H22N4O2. The molecule has 1 heterocycles. The highest BCUT2D eigenvalue weighted by molar-refractivity contribution is 6.39. The maximum Gasteiger partial charge on any atom is 0.267 e. The minimum absolute atomic E-state index is 0.0673. The molecular weight excluding hydrogens is 232 g/mol. The van der Waals surface area contributed by atoms with E-state index >= 15 is 0 Å². The summed E-state index contributed by atoms with van der Waals surface area (Å²) < 4.78 is 0. The zero-order chi connectivity index (χ0) is 13.5. The van der Waals surface area contributed by atoms with Gasteiger partial charge in [0.1, 0.15) is 5.71 Å². The Morgan fingerprint density at radius 1 is 1.44 bits per heavy atom. The van der Waals surface area contributed by atoms with Crippen molar-refractivity contribution >= 4 is 17.5 Å². The Balaban J connectivity index is 2.42. The standard InChI is InChI=1S/C12H22N4O2/c1-4-16(5-2)8-9(3)13-12(18)10-6-7-11(17)15-14-10/h9H,4-8H2,1-3H3,(H,13,18)(H,15,17). The normalized spacial score (nSPS) is 17.1. The van der Waals surface area contributed by atoms with Gasteiger partial charge < -0.3 is 10.2 Å². The third-order valence-corrected chi connectivity index (χ3v) is 2.97. The Morgan fingerprint density at radius 2 is 2.11 bits per heavy atom. The summed E-state index contributed by atoms with van der Waals surface area (Å²) in [5.41, 5.74) is 2.73. The van der Waals surface area contributed by atoms with Crippen LogP contribution < -0.4 is 10.7 Å². The lowest BCUT2D eigenvalue weighted by Crippen LogP contribution is -2.45. The largest absolute Gasteiger partial charge is 0.347 e. The fraction of sp³-hybridized carbons (Fsp3) is 0.750. The maximum atomic E-state index is 11.9. The summed E-state index contributed by atoms with van der Waals surface area (Å²) in [5.74, 6) is -0.322. The van der Waals surface area contributed by atoms with Gasteiger partial charge in [-0.2, -0.15) is 5.10 Å². The number of hydrazone groups is 1. The van der Waals surface area contributed by atoms with Crippen molar-refractivity contribution in [3.8, 4) is 0 Å². The van der Waals surface area contributed by atoms with E-state index in [4.69, 9.17) is 0 Å². The van der Waals surface area contributed by atoms with Crippen LogP contribution in [0.3, 0.4) is 0 Å². The van der Waals surface area contributed by atoms with Gasteiger partial charge in [-0.3, -0.25) is 9.59 Å². The zero-order valence-electron chi connectivity index (χ0n) is 11.3. The summed E-state index contributed by atoms with van der Waals surface area (Å²) in [6.45, 7) is 8.91. The Labute approximate surface area is 108 Å². The SMILES string of the molecule is CCN(CC)CC(C)NC(=O)C1=NNC(=O)CC1. The number of carbonyl (C=O) groups is 2. The minimum atomic E-state index is -0.186. The van der Waals surface area contributed by atoms with Gasteiger partial charge in [0.05, 0.1) is 0 Å². The van der Waals surface area contributed by atoms with Crippen molar-refractivity contribution in [3.63, 3.8) is 0 Å². The number of hydrogen-bond donors (Lipinski definition) is 2. The molecule has 1 unspecified atom stereocenters. The third-order valence-electron chi connectivity index (χ3n) is 2.97. The van der Waals surface area contributed by atoms with Gasteiger partial charge in [0, 0.05) is 25.4 Å². The molecule has 1 aliphatic heterocycles. The predicted octanol–water partition coefficient (Wildman–Crippen LogP) is 0.0989. The molecule has 0 spiro atoms. The summed E-state index contributed by atoms with van der Waals surface area (Å²) in [5, 5.41) is 6.68. The van der Waals surface area contributed by atoms with E-state index in [1.165, 1.54) is 0 Å². The second-order valence-corrected chi connectivity index (χ2v) is 4.45. The Bertz CT molecular complexity index is 337. The molecule has 0 saturated carbocycles. The summed E-state index contributed by atoms with van der Waals surface area (Å²) in [7, 11) is 0. The average molecular weight is 254 g/mol. The molecule has 0 aromatic carbocycles. The van der Waals surface area contributed by atoms with Crippen molar-refractivity contribution in [2.45, 2.75) is 39.7 Å². The molecule has 0 bridgehead atoms. The molecule has 6 nitrogen and oxygen atoms in total. The molecule has 2 amide bonds. The van der Waals surface area contributed by atoms with Crippen LogP contribution in [-0.4, -0.2) is 48.1 Å². The highest BCUT2D eigenvalue weighted by atomic mass is 16.2. The van der Waals surface area contributed by atoms with Crippen molar-refractivity contribution in [3.05, 3.63) is 0 Å². The van der Waals surface area contributed by atoms with Gasteiger partial charge >= 0.3 is 0 Å². The fourth-order valence-electron chi connectivity index (χ4n) is 1.86. The predicted molar refractivity (Wildman–Crippen MR) is 70.2 cm³/mol. The lowest BCUT2D eigenvalue weighted by Gasteiger charge is -2.23. The maximum absolute atomic E-state index is 11.9. The molecule has 0 fully saturated rings. The van der Waals surface area contributed by atoms with Crippen molar-refractivity contribution < 1.29 is 9.59 Å². The first-order valence-electron chi connectivity index (χ1n) is 6.45. The van der Waals surface area contributed by atoms with Crippen molar-refractivity contribution in [2.75, 3.05) is 19.6 Å². The summed E-state index contributed by atoms with van der Waals surface area (Å²) in [4.78, 5) is 25.0. The molecule has 18 heavy (non-hydrogen) atoms. The van der Waals surface area contributed by atoms with Gasteiger partial charge in [-0.15, -0.1) is 0 Å². The molecule has 0 aromatic heterocycles. The molecule has 0 aromatic rings. The first-order valence-corrected chi connectivity index (χ1v) is 6.45. The van der Waals surface area contributed by atoms with Crippen LogP contribution in [0.2, 0.25) is 0 Å². The van der Waals surface area contributed by atoms with E-state index in [1.54, 1.807) is 0 Å². The molecule has 1 aliphatic rings. The van der Waals surface area contributed by atoms with Gasteiger partial charge in [0.2, 0.25) is 5.91 Å². The zero-order valence-corrected chi connectivity index (χ0v) is 11.3. The number of likely N-dealkylation sites (N-methyl/N-ethyl adjacent to an activating group) is 1. The summed E-state index contributed by atoms with van der Waals surface area (Å²) in [6, 6.07) is 0.0673. The molecule has 1 rings (SSSR count). The highest BCUT2D eigenvalue weighted by Gasteiger charge is 2.19. The van der Waals surface area contributed by atoms with Crippen LogP contribution in [0.25, 0.3) is 0 Å². The van der Waals surface area contributed by atoms with E-state index in [-0.39, 0.29) is 17.9 Å². The Morgan fingerprint density at radius 3 is 2.61 bits per heavy atom. The van der Waals surface area contributed by atoms with Crippen molar-refractivity contribution in [1.82, 2.24) is 15.6 Å². The van der Waals surface area contributed by atoms with Crippen LogP contribution in [0, 0.1) is 0 Å². The number of nitrogens with zero attached hydrogens (tertiary/aromatic N) is 2. The van der Waals surface area contributed by atoms with Gasteiger partial charge in [-0.25, -0.2) is 5.43 Å². The van der Waals surface area contributed by atoms with Gasteiger partial charge in [-0.1, -0.05) is 13.8 Å². The van der Waals surface area contributed by atoms with Crippen LogP contribution >= 0.6 is 0 Å². The molecule has 6 heteroatoms. The van der Waals surface area contributed by atoms with Crippen LogP contribution in [0.5, 0.6) is 0 Å². The number of hydrogen-bond acceptors (Lipinski definition) is 4. The lowest BCUT2D eigenvalue weighted by molar-refractivity contribution is -0.121. The minimum Gasteiger partial charge on any atom is -0.347 e. The molecule has 102 valence electrons. The summed E-state index contributed by atoms with van der Waals surface area (Å²) >= 11 is 0. The first kappa shape index (κ1) is 14.6. The van der Waals surface area contributed by atoms with Crippen LogP contribution in [0.1, 0.15) is 33.6 Å². The highest BCUT2D eigenvalue weighted by Crippen LogP contribution is 2.00. The van der Waals surface area contributed by atoms with E-state index < -0.39 is 0 Å². The second kappa shape index (κ2) is 7.10. The van der Waals surface area contributed by atoms with Crippen LogP contribution in [0.4, 0.5) is 0 Å². The smallest absolute Gasteiger partial charge is 0.267 e. The monoisotopic (exact) mass is 254 g/mol. The second-order valence-electron chi connectivity index (χ2n) is 4.45. The molecule has 2 N–H and O–H groups in total. The lowest BCUT2D eigenvalue weighted by atomic mass is 10.1. The number of amides is 2. The third kappa shape index (κ3) is 4.44. The Kier molecular flexibility index (Phi) is 5.77. The van der Waals surface area contributed by atoms with Gasteiger partial charge in [0.25, 0.3) is 5.91 Å². The molecule has 0 aliphatic carbocycles. The number of nitrogens with one attached hydrogen (secondary N) is 2. The van der Waals surface area contributed by atoms with E-state index in [1.807, 2.05) is 6.92 Å². The van der Waals surface area contributed by atoms with Crippen molar-refractivity contribution in [1.29, 1.82) is 0 Å². The molecule has 0 radical (unpaired) electrons. The summed E-state index contributed by atoms with van der Waals surface area (Å²) in [6.07, 6.45) is 0.742. The Hall–Kier alpha value is -1.43. The van der Waals surface area contributed by atoms with E-state index in [0.717, 1.165) is 19.6 Å². The van der Waals surface area contributed by atoms with Crippen LogP contribution in [0.15, 0.2) is 5.10 Å². The molecule has 1 atom stereocenters. The quantitative estimate of drug-likeness (QED) is 0.706. The fourth-order valence-corrected chi connectivity index (χ4v) is 1.86. The van der Waals surface area contributed by atoms with E-state index in [2.05, 4.69) is 34.6 Å². The van der Waals surface area contributed by atoms with E-state index in [9.17, 15) is 9.59 Å². The van der Waals surface area contributed by atoms with Crippen molar-refractivity contribution in [2.24, 2.45) is 5.10 Å². The van der Waals surface area contributed by atoms with Crippen LogP contribution in [-0.2, 0) is 9.59 Å². The molecule has 0 saturated heterocycles. The number of carbonyl (C=O) groups excluding carboxylic acids is 2. The average Bonchev–Trinajstić information content (AvgIpc) is 2.36. The first-order chi connectivity index (χ1) is 8.56. The van der Waals surface area contributed by atoms with Gasteiger partial charge in [-0.05, 0) is 20.0 Å². The van der Waals surface area contributed by atoms with Gasteiger partial charge in [0.15, 0.2) is 0 Å². The number of rotatable bonds is 6.